The van der Waals surface area contributed by atoms with Crippen LogP contribution in [0.5, 0.6) is 5.75 Å². The summed E-state index contributed by atoms with van der Waals surface area (Å²) in [5.74, 6) is -0.523. The van der Waals surface area contributed by atoms with Crippen LogP contribution in [0.25, 0.3) is 0 Å². The molecule has 0 aromatic heterocycles. The summed E-state index contributed by atoms with van der Waals surface area (Å²) in [6, 6.07) is 4.16. The van der Waals surface area contributed by atoms with Gasteiger partial charge in [0, 0.05) is 12.6 Å². The second kappa shape index (κ2) is 6.05. The molecule has 1 aromatic carbocycles. The third kappa shape index (κ3) is 3.60. The first-order chi connectivity index (χ1) is 8.08. The zero-order chi connectivity index (χ0) is 12.8. The smallest absolute Gasteiger partial charge is 0.279 e. The summed E-state index contributed by atoms with van der Waals surface area (Å²) in [5, 5.41) is 12.2. The van der Waals surface area contributed by atoms with Gasteiger partial charge in [-0.1, -0.05) is 0 Å². The Morgan fingerprint density at radius 1 is 1.47 bits per heavy atom. The maximum Gasteiger partial charge on any atom is 0.279 e. The maximum absolute atomic E-state index is 13.6. The predicted molar refractivity (Wildman–Crippen MR) is 61.5 cm³/mol. The SMILES string of the molecule is CN/N=C(\OO)c1ccc(OC(C)C)c(F)c1. The van der Waals surface area contributed by atoms with Crippen LogP contribution < -0.4 is 10.2 Å². The normalized spacial score (nSPS) is 11.5. The van der Waals surface area contributed by atoms with Crippen molar-refractivity contribution in [3.8, 4) is 5.75 Å². The van der Waals surface area contributed by atoms with E-state index in [1.165, 1.54) is 25.2 Å². The summed E-state index contributed by atoms with van der Waals surface area (Å²) in [5.41, 5.74) is 2.73. The van der Waals surface area contributed by atoms with Gasteiger partial charge in [-0.05, 0) is 32.0 Å². The molecule has 0 aliphatic carbocycles. The van der Waals surface area contributed by atoms with Crippen molar-refractivity contribution in [3.05, 3.63) is 29.6 Å². The van der Waals surface area contributed by atoms with Crippen molar-refractivity contribution >= 4 is 5.90 Å². The molecule has 17 heavy (non-hydrogen) atoms. The van der Waals surface area contributed by atoms with Gasteiger partial charge in [0.2, 0.25) is 0 Å². The van der Waals surface area contributed by atoms with Gasteiger partial charge in [-0.3, -0.25) is 0 Å². The van der Waals surface area contributed by atoms with Crippen molar-refractivity contribution in [1.82, 2.24) is 5.43 Å². The Kier molecular flexibility index (Phi) is 4.71. The Balaban J connectivity index is 2.99. The summed E-state index contributed by atoms with van der Waals surface area (Å²) in [6.07, 6.45) is -0.116. The average molecular weight is 242 g/mol. The molecule has 1 rings (SSSR count). The lowest BCUT2D eigenvalue weighted by Gasteiger charge is -2.11. The molecular weight excluding hydrogens is 227 g/mol. The van der Waals surface area contributed by atoms with Crippen LogP contribution >= 0.6 is 0 Å². The minimum Gasteiger partial charge on any atom is -0.488 e. The van der Waals surface area contributed by atoms with E-state index in [0.29, 0.717) is 5.56 Å². The van der Waals surface area contributed by atoms with Gasteiger partial charge in [-0.2, -0.15) is 0 Å². The fourth-order valence-electron chi connectivity index (χ4n) is 1.22. The van der Waals surface area contributed by atoms with Crippen LogP contribution in [0.2, 0.25) is 0 Å². The number of hydrogen-bond donors (Lipinski definition) is 2. The van der Waals surface area contributed by atoms with Gasteiger partial charge in [0.25, 0.3) is 5.90 Å². The van der Waals surface area contributed by atoms with Crippen molar-refractivity contribution in [3.63, 3.8) is 0 Å². The van der Waals surface area contributed by atoms with Gasteiger partial charge in [-0.15, -0.1) is 5.10 Å². The molecule has 5 nitrogen and oxygen atoms in total. The topological polar surface area (TPSA) is 63.1 Å². The molecule has 0 fully saturated rings. The lowest BCUT2D eigenvalue weighted by atomic mass is 10.2. The molecule has 2 N–H and O–H groups in total. The summed E-state index contributed by atoms with van der Waals surface area (Å²) < 4.78 is 18.8. The van der Waals surface area contributed by atoms with Gasteiger partial charge in [0.1, 0.15) is 0 Å². The molecule has 0 amide bonds. The molecule has 0 saturated heterocycles. The number of hydrazone groups is 1. The van der Waals surface area contributed by atoms with Crippen LogP contribution in [0.4, 0.5) is 4.39 Å². The number of nitrogens with zero attached hydrogens (tertiary/aromatic N) is 1. The van der Waals surface area contributed by atoms with Crippen molar-refractivity contribution < 1.29 is 19.3 Å². The van der Waals surface area contributed by atoms with E-state index in [1.54, 1.807) is 13.8 Å². The highest BCUT2D eigenvalue weighted by Crippen LogP contribution is 2.20. The van der Waals surface area contributed by atoms with E-state index in [9.17, 15) is 4.39 Å². The highest BCUT2D eigenvalue weighted by molar-refractivity contribution is 5.93. The molecule has 0 radical (unpaired) electrons. The van der Waals surface area contributed by atoms with E-state index >= 15 is 0 Å². The van der Waals surface area contributed by atoms with Gasteiger partial charge in [0.05, 0.1) is 6.10 Å². The third-order valence-corrected chi connectivity index (χ3v) is 1.84. The Morgan fingerprint density at radius 3 is 2.65 bits per heavy atom. The zero-order valence-electron chi connectivity index (χ0n) is 9.90. The van der Waals surface area contributed by atoms with Crippen LogP contribution in [0.15, 0.2) is 23.3 Å². The highest BCUT2D eigenvalue weighted by Gasteiger charge is 2.11. The second-order valence-electron chi connectivity index (χ2n) is 3.54. The van der Waals surface area contributed by atoms with Crippen molar-refractivity contribution in [2.45, 2.75) is 20.0 Å². The number of ether oxygens (including phenoxy) is 1. The van der Waals surface area contributed by atoms with E-state index in [-0.39, 0.29) is 17.8 Å². The van der Waals surface area contributed by atoms with E-state index < -0.39 is 5.82 Å². The van der Waals surface area contributed by atoms with Gasteiger partial charge in [0.15, 0.2) is 11.6 Å². The molecule has 0 unspecified atom stereocenters. The fraction of sp³-hybridized carbons (Fsp3) is 0.364. The summed E-state index contributed by atoms with van der Waals surface area (Å²) in [7, 11) is 1.53. The molecule has 94 valence electrons. The van der Waals surface area contributed by atoms with Crippen molar-refractivity contribution in [2.24, 2.45) is 5.10 Å². The molecule has 0 saturated carbocycles. The first kappa shape index (κ1) is 13.2. The summed E-state index contributed by atoms with van der Waals surface area (Å²) >= 11 is 0. The average Bonchev–Trinajstić information content (AvgIpc) is 2.28. The van der Waals surface area contributed by atoms with E-state index in [4.69, 9.17) is 9.99 Å². The molecular formula is C11H15FN2O3. The number of hydrogen-bond acceptors (Lipinski definition) is 5. The Labute approximate surface area is 98.8 Å². The van der Waals surface area contributed by atoms with Crippen LogP contribution in [0.3, 0.4) is 0 Å². The largest absolute Gasteiger partial charge is 0.488 e. The van der Waals surface area contributed by atoms with Gasteiger partial charge >= 0.3 is 0 Å². The lowest BCUT2D eigenvalue weighted by Crippen LogP contribution is -2.11. The van der Waals surface area contributed by atoms with Crippen LogP contribution in [-0.2, 0) is 4.89 Å². The monoisotopic (exact) mass is 242 g/mol. The van der Waals surface area contributed by atoms with E-state index in [2.05, 4.69) is 15.4 Å². The summed E-state index contributed by atoms with van der Waals surface area (Å²) in [4.78, 5) is 4.03. The molecule has 0 heterocycles. The minimum atomic E-state index is -0.544. The number of benzene rings is 1. The van der Waals surface area contributed by atoms with E-state index in [1.807, 2.05) is 0 Å². The van der Waals surface area contributed by atoms with Crippen molar-refractivity contribution in [2.75, 3.05) is 7.05 Å². The molecule has 1 aromatic rings. The first-order valence-corrected chi connectivity index (χ1v) is 5.11. The molecule has 0 aliphatic heterocycles. The lowest BCUT2D eigenvalue weighted by molar-refractivity contribution is -0.154. The number of halogens is 1. The predicted octanol–water partition coefficient (Wildman–Crippen LogP) is 1.98. The molecule has 0 spiro atoms. The number of nitrogens with one attached hydrogen (secondary N) is 1. The van der Waals surface area contributed by atoms with E-state index in [0.717, 1.165) is 0 Å². The second-order valence-corrected chi connectivity index (χ2v) is 3.54. The van der Waals surface area contributed by atoms with Crippen LogP contribution in [0, 0.1) is 5.82 Å². The summed E-state index contributed by atoms with van der Waals surface area (Å²) in [6.45, 7) is 3.61. The van der Waals surface area contributed by atoms with Gasteiger partial charge in [-0.25, -0.2) is 9.65 Å². The highest BCUT2D eigenvalue weighted by atomic mass is 19.1. The fourth-order valence-corrected chi connectivity index (χ4v) is 1.22. The minimum absolute atomic E-state index is 0.116. The van der Waals surface area contributed by atoms with Crippen LogP contribution in [0.1, 0.15) is 19.4 Å². The first-order valence-electron chi connectivity index (χ1n) is 5.11. The zero-order valence-corrected chi connectivity index (χ0v) is 9.90. The Bertz CT molecular complexity index is 408. The van der Waals surface area contributed by atoms with Gasteiger partial charge < -0.3 is 15.1 Å². The third-order valence-electron chi connectivity index (χ3n) is 1.84. The Morgan fingerprint density at radius 2 is 2.18 bits per heavy atom. The molecule has 0 aliphatic rings. The molecule has 0 bridgehead atoms. The van der Waals surface area contributed by atoms with Crippen LogP contribution in [-0.4, -0.2) is 24.3 Å². The quantitative estimate of drug-likeness (QED) is 0.367. The number of rotatable bonds is 4. The maximum atomic E-state index is 13.6. The standard InChI is InChI=1S/C11H15FN2O3/c1-7(2)16-10-5-4-8(6-9(10)12)11(17-15)14-13-3/h4-7,13,15H,1-3H3/b14-11-. The molecule has 0 atom stereocenters. The Hall–Kier alpha value is -1.82. The molecule has 6 heteroatoms. The van der Waals surface area contributed by atoms with Crippen molar-refractivity contribution in [1.29, 1.82) is 0 Å².